The number of anilines is 6. The summed E-state index contributed by atoms with van der Waals surface area (Å²) in [4.78, 5) is 70.1. The van der Waals surface area contributed by atoms with Gasteiger partial charge in [-0.05, 0) is 36.4 Å². The Morgan fingerprint density at radius 1 is 0.500 bits per heavy atom. The van der Waals surface area contributed by atoms with Crippen molar-refractivity contribution in [1.29, 1.82) is 0 Å². The molecule has 0 atom stereocenters. The lowest BCUT2D eigenvalue weighted by molar-refractivity contribution is -0.384. The standard InChI is InChI=1S/C47H52N14O7/c1-67-31-3-5-33(39(23-31)56-15-19-58(20-16-56)46-35-25-43(60(63)64)41(27-37(35)50-29-52-46)54-11-7-48-8-12-54)45(62)34-6-4-32(68-2)24-40(34)57-17-21-59(22-18-57)47-36-26-44(61(65)66)42(28-38(36)51-30-53-47)55-13-9-49-10-14-55/h3-6,23-30,48-49H,7-22H2,1-2H3. The number of ketones is 1. The molecule has 21 nitrogen and oxygen atoms in total. The molecule has 21 heteroatoms. The Hall–Kier alpha value is -7.65. The maximum Gasteiger partial charge on any atom is 0.293 e. The van der Waals surface area contributed by atoms with E-state index in [1.807, 2.05) is 34.1 Å². The lowest BCUT2D eigenvalue weighted by atomic mass is 9.97. The van der Waals surface area contributed by atoms with Gasteiger partial charge in [-0.2, -0.15) is 0 Å². The molecule has 4 aliphatic rings. The minimum Gasteiger partial charge on any atom is -0.497 e. The van der Waals surface area contributed by atoms with Gasteiger partial charge in [0.1, 0.15) is 47.2 Å². The van der Waals surface area contributed by atoms with Crippen LogP contribution in [-0.4, -0.2) is 155 Å². The molecule has 6 heterocycles. The van der Waals surface area contributed by atoms with Gasteiger partial charge in [0.2, 0.25) is 0 Å². The van der Waals surface area contributed by atoms with Crippen LogP contribution in [0.15, 0.2) is 73.3 Å². The number of benzene rings is 4. The fourth-order valence-corrected chi connectivity index (χ4v) is 9.90. The number of nitrogens with zero attached hydrogens (tertiary/aromatic N) is 12. The summed E-state index contributed by atoms with van der Waals surface area (Å²) in [5.41, 5.74) is 4.95. The van der Waals surface area contributed by atoms with E-state index in [4.69, 9.17) is 9.47 Å². The number of aromatic nitrogens is 4. The quantitative estimate of drug-likeness (QED) is 0.100. The van der Waals surface area contributed by atoms with E-state index in [-0.39, 0.29) is 27.0 Å². The molecule has 0 aliphatic carbocycles. The summed E-state index contributed by atoms with van der Waals surface area (Å²) in [6, 6.07) is 17.8. The molecule has 0 unspecified atom stereocenters. The van der Waals surface area contributed by atoms with Gasteiger partial charge >= 0.3 is 0 Å². The Labute approximate surface area is 391 Å². The van der Waals surface area contributed by atoms with Crippen LogP contribution in [0.1, 0.15) is 15.9 Å². The number of hydrogen-bond donors (Lipinski definition) is 2. The van der Waals surface area contributed by atoms with Crippen LogP contribution in [0, 0.1) is 20.2 Å². The van der Waals surface area contributed by atoms with Crippen LogP contribution < -0.4 is 49.5 Å². The van der Waals surface area contributed by atoms with Gasteiger partial charge in [0, 0.05) is 151 Å². The van der Waals surface area contributed by atoms with Crippen LogP contribution in [0.3, 0.4) is 0 Å². The van der Waals surface area contributed by atoms with Gasteiger partial charge in [-0.25, -0.2) is 19.9 Å². The topological polar surface area (TPSA) is 217 Å². The molecule has 10 rings (SSSR count). The van der Waals surface area contributed by atoms with Crippen molar-refractivity contribution < 1.29 is 24.1 Å². The van der Waals surface area contributed by atoms with Crippen molar-refractivity contribution in [1.82, 2.24) is 30.6 Å². The molecular formula is C47H52N14O7. The Morgan fingerprint density at radius 3 is 1.24 bits per heavy atom. The maximum absolute atomic E-state index is 15.0. The molecular weight excluding hydrogens is 873 g/mol. The van der Waals surface area contributed by atoms with Crippen molar-refractivity contribution in [2.45, 2.75) is 0 Å². The van der Waals surface area contributed by atoms with E-state index in [0.717, 1.165) is 37.6 Å². The highest BCUT2D eigenvalue weighted by molar-refractivity contribution is 6.15. The summed E-state index contributed by atoms with van der Waals surface area (Å²) in [7, 11) is 3.20. The van der Waals surface area contributed by atoms with Crippen molar-refractivity contribution in [3.05, 3.63) is 105 Å². The highest BCUT2D eigenvalue weighted by Crippen LogP contribution is 2.39. The third-order valence-electron chi connectivity index (χ3n) is 13.5. The zero-order chi connectivity index (χ0) is 46.9. The molecule has 0 radical (unpaired) electrons. The molecule has 6 aromatic rings. The van der Waals surface area contributed by atoms with Gasteiger partial charge in [0.25, 0.3) is 11.4 Å². The van der Waals surface area contributed by atoms with Gasteiger partial charge in [-0.3, -0.25) is 25.0 Å². The normalized spacial score (nSPS) is 16.9. The van der Waals surface area contributed by atoms with E-state index in [9.17, 15) is 25.0 Å². The van der Waals surface area contributed by atoms with Crippen LogP contribution in [0.2, 0.25) is 0 Å². The first kappa shape index (κ1) is 44.2. The summed E-state index contributed by atoms with van der Waals surface area (Å²) in [5, 5.41) is 32.6. The number of nitro groups is 2. The summed E-state index contributed by atoms with van der Waals surface area (Å²) < 4.78 is 11.4. The number of hydrogen-bond acceptors (Lipinski definition) is 19. The van der Waals surface area contributed by atoms with Crippen molar-refractivity contribution in [3.8, 4) is 11.5 Å². The molecule has 4 saturated heterocycles. The highest BCUT2D eigenvalue weighted by Gasteiger charge is 2.31. The van der Waals surface area contributed by atoms with Crippen molar-refractivity contribution >= 4 is 73.3 Å². The molecule has 2 N–H and O–H groups in total. The highest BCUT2D eigenvalue weighted by atomic mass is 16.6. The molecule has 2 aromatic heterocycles. The van der Waals surface area contributed by atoms with Gasteiger partial charge in [0.05, 0.1) is 46.5 Å². The zero-order valence-corrected chi connectivity index (χ0v) is 38.0. The number of carbonyl (C=O) groups excluding carboxylic acids is 1. The Balaban J connectivity index is 0.893. The van der Waals surface area contributed by atoms with E-state index in [1.54, 1.807) is 50.6 Å². The van der Waals surface area contributed by atoms with Crippen LogP contribution in [-0.2, 0) is 0 Å². The first-order valence-corrected chi connectivity index (χ1v) is 22.9. The minimum absolute atomic E-state index is 0.0287. The predicted molar refractivity (Wildman–Crippen MR) is 261 cm³/mol. The maximum atomic E-state index is 15.0. The summed E-state index contributed by atoms with van der Waals surface area (Å²) in [6.45, 7) is 9.92. The first-order chi connectivity index (χ1) is 33.2. The SMILES string of the molecule is COc1ccc(C(=O)c2ccc(OC)cc2N2CCN(c3ncnc4cc(N5CCNCC5)c([N+](=O)[O-])cc34)CC2)c(N2CCN(c3ncnc4cc(N5CCNCC5)c([N+](=O)[O-])cc34)CC2)c1. The van der Waals surface area contributed by atoms with Crippen molar-refractivity contribution in [2.24, 2.45) is 0 Å². The van der Waals surface area contributed by atoms with Crippen molar-refractivity contribution in [2.75, 3.05) is 148 Å². The van der Waals surface area contributed by atoms with Gasteiger partial charge in [-0.1, -0.05) is 0 Å². The number of nitrogens with one attached hydrogen (secondary N) is 2. The van der Waals surface area contributed by atoms with Crippen LogP contribution in [0.4, 0.5) is 45.8 Å². The molecule has 4 aromatic carbocycles. The summed E-state index contributed by atoms with van der Waals surface area (Å²) >= 11 is 0. The molecule has 0 spiro atoms. The number of ether oxygens (including phenoxy) is 2. The molecule has 352 valence electrons. The molecule has 4 aliphatic heterocycles. The van der Waals surface area contributed by atoms with Crippen molar-refractivity contribution in [3.63, 3.8) is 0 Å². The molecule has 0 bridgehead atoms. The van der Waals surface area contributed by atoms with E-state index in [2.05, 4.69) is 50.2 Å². The second kappa shape index (κ2) is 18.9. The molecule has 0 saturated carbocycles. The minimum atomic E-state index is -0.330. The van der Waals surface area contributed by atoms with Crippen LogP contribution in [0.25, 0.3) is 21.8 Å². The number of methoxy groups -OCH3 is 2. The Morgan fingerprint density at radius 2 is 0.868 bits per heavy atom. The zero-order valence-electron chi connectivity index (χ0n) is 38.0. The smallest absolute Gasteiger partial charge is 0.293 e. The second-order valence-corrected chi connectivity index (χ2v) is 17.1. The fourth-order valence-electron chi connectivity index (χ4n) is 9.90. The number of piperazine rings is 4. The Bertz CT molecular complexity index is 2700. The summed E-state index contributed by atoms with van der Waals surface area (Å²) in [6.07, 6.45) is 3.02. The van der Waals surface area contributed by atoms with Gasteiger partial charge in [0.15, 0.2) is 5.78 Å². The van der Waals surface area contributed by atoms with E-state index < -0.39 is 0 Å². The monoisotopic (exact) mass is 924 g/mol. The number of rotatable bonds is 12. The largest absolute Gasteiger partial charge is 0.497 e. The molecule has 68 heavy (non-hydrogen) atoms. The summed E-state index contributed by atoms with van der Waals surface area (Å²) in [5.74, 6) is 2.32. The lowest BCUT2D eigenvalue weighted by Crippen LogP contribution is -2.47. The number of nitro benzene ring substituents is 2. The first-order valence-electron chi connectivity index (χ1n) is 22.9. The van der Waals surface area contributed by atoms with Gasteiger partial charge < -0.3 is 49.5 Å². The molecule has 0 amide bonds. The van der Waals surface area contributed by atoms with E-state index in [0.29, 0.717) is 146 Å². The number of fused-ring (bicyclic) bond motifs is 2. The van der Waals surface area contributed by atoms with E-state index in [1.165, 1.54) is 12.7 Å². The predicted octanol–water partition coefficient (Wildman–Crippen LogP) is 4.11. The number of carbonyl (C=O) groups is 1. The Kier molecular flexibility index (Phi) is 12.3. The van der Waals surface area contributed by atoms with Crippen LogP contribution in [0.5, 0.6) is 11.5 Å². The average Bonchev–Trinajstić information content (AvgIpc) is 3.39. The van der Waals surface area contributed by atoms with E-state index >= 15 is 0 Å². The third-order valence-corrected chi connectivity index (χ3v) is 13.5. The molecule has 4 fully saturated rings. The fraction of sp³-hybridized carbons (Fsp3) is 0.383. The second-order valence-electron chi connectivity index (χ2n) is 17.1. The third kappa shape index (κ3) is 8.49. The lowest BCUT2D eigenvalue weighted by Gasteiger charge is -2.38. The average molecular weight is 925 g/mol. The van der Waals surface area contributed by atoms with Crippen LogP contribution >= 0.6 is 0 Å². The van der Waals surface area contributed by atoms with Gasteiger partial charge in [-0.15, -0.1) is 0 Å².